The van der Waals surface area contributed by atoms with Gasteiger partial charge in [-0.3, -0.25) is 5.10 Å². The highest BCUT2D eigenvalue weighted by Gasteiger charge is 2.20. The third-order valence-corrected chi connectivity index (χ3v) is 4.95. The number of nitrogens with zero attached hydrogens (tertiary/aromatic N) is 1. The maximum absolute atomic E-state index is 12.4. The third-order valence-electron chi connectivity index (χ3n) is 3.18. The monoisotopic (exact) mass is 309 g/mol. The summed E-state index contributed by atoms with van der Waals surface area (Å²) in [4.78, 5) is 0.313. The molecule has 2 aromatic rings. The number of nitrogens with one attached hydrogen (secondary N) is 2. The Bertz CT molecular complexity index is 686. The number of aromatic nitrogens is 2. The van der Waals surface area contributed by atoms with Gasteiger partial charge in [0.15, 0.2) is 0 Å². The molecule has 0 radical (unpaired) electrons. The summed E-state index contributed by atoms with van der Waals surface area (Å²) in [7, 11) is -1.98. The molecule has 0 aliphatic carbocycles. The van der Waals surface area contributed by atoms with Crippen LogP contribution in [0.4, 0.5) is 0 Å². The minimum Gasteiger partial charge on any atom is -0.497 e. The van der Waals surface area contributed by atoms with Crippen LogP contribution in [-0.2, 0) is 16.4 Å². The van der Waals surface area contributed by atoms with E-state index in [-0.39, 0.29) is 0 Å². The van der Waals surface area contributed by atoms with Gasteiger partial charge in [-0.05, 0) is 43.2 Å². The molecule has 1 heterocycles. The van der Waals surface area contributed by atoms with Crippen molar-refractivity contribution in [1.29, 1.82) is 0 Å². The molecule has 7 heteroatoms. The smallest absolute Gasteiger partial charge is 0.241 e. The molecule has 0 fully saturated rings. The zero-order valence-corrected chi connectivity index (χ0v) is 13.1. The molecule has 0 unspecified atom stereocenters. The van der Waals surface area contributed by atoms with Crippen molar-refractivity contribution < 1.29 is 13.2 Å². The predicted octanol–water partition coefficient (Wildman–Crippen LogP) is 1.56. The largest absolute Gasteiger partial charge is 0.497 e. The molecule has 0 atom stereocenters. The van der Waals surface area contributed by atoms with E-state index >= 15 is 0 Å². The summed E-state index contributed by atoms with van der Waals surface area (Å²) in [5, 5.41) is 6.63. The minimum atomic E-state index is -3.54. The number of hydrogen-bond donors (Lipinski definition) is 2. The number of ether oxygens (including phenoxy) is 1. The van der Waals surface area contributed by atoms with Gasteiger partial charge in [0.1, 0.15) is 5.75 Å². The first-order valence-electron chi connectivity index (χ1n) is 6.57. The Morgan fingerprint density at radius 2 is 1.95 bits per heavy atom. The van der Waals surface area contributed by atoms with E-state index in [4.69, 9.17) is 4.74 Å². The lowest BCUT2D eigenvalue weighted by atomic mass is 10.1. The van der Waals surface area contributed by atoms with E-state index in [1.165, 1.54) is 0 Å². The Balaban J connectivity index is 2.15. The van der Waals surface area contributed by atoms with Crippen LogP contribution in [0.5, 0.6) is 5.75 Å². The van der Waals surface area contributed by atoms with E-state index < -0.39 is 10.0 Å². The second-order valence-corrected chi connectivity index (χ2v) is 6.52. The zero-order valence-electron chi connectivity index (χ0n) is 12.3. The Kier molecular flexibility index (Phi) is 4.64. The van der Waals surface area contributed by atoms with Gasteiger partial charge in [0.05, 0.1) is 12.0 Å². The molecule has 1 aromatic carbocycles. The summed E-state index contributed by atoms with van der Waals surface area (Å²) < 4.78 is 32.6. The van der Waals surface area contributed by atoms with Gasteiger partial charge in [0, 0.05) is 24.9 Å². The first-order valence-corrected chi connectivity index (χ1v) is 8.05. The molecule has 0 spiro atoms. The van der Waals surface area contributed by atoms with Crippen LogP contribution in [0.1, 0.15) is 16.8 Å². The summed E-state index contributed by atoms with van der Waals surface area (Å²) in [5.74, 6) is 0.654. The van der Waals surface area contributed by atoms with Gasteiger partial charge in [0.2, 0.25) is 10.0 Å². The van der Waals surface area contributed by atoms with Crippen molar-refractivity contribution in [2.75, 3.05) is 13.7 Å². The topological polar surface area (TPSA) is 84.1 Å². The van der Waals surface area contributed by atoms with Crippen LogP contribution in [0.15, 0.2) is 29.3 Å². The predicted molar refractivity (Wildman–Crippen MR) is 79.9 cm³/mol. The second-order valence-electron chi connectivity index (χ2n) is 4.82. The summed E-state index contributed by atoms with van der Waals surface area (Å²) in [6, 6.07) is 5.26. The van der Waals surface area contributed by atoms with E-state index in [0.29, 0.717) is 34.7 Å². The van der Waals surface area contributed by atoms with Crippen molar-refractivity contribution in [3.63, 3.8) is 0 Å². The maximum Gasteiger partial charge on any atom is 0.241 e. The third kappa shape index (κ3) is 3.62. The van der Waals surface area contributed by atoms with Crippen molar-refractivity contribution in [1.82, 2.24) is 14.9 Å². The quantitative estimate of drug-likeness (QED) is 0.848. The summed E-state index contributed by atoms with van der Waals surface area (Å²) >= 11 is 0. The molecular formula is C14H19N3O3S. The van der Waals surface area contributed by atoms with Gasteiger partial charge in [-0.25, -0.2) is 13.1 Å². The molecule has 21 heavy (non-hydrogen) atoms. The molecule has 2 rings (SSSR count). The minimum absolute atomic E-state index is 0.313. The molecule has 0 aliphatic rings. The lowest BCUT2D eigenvalue weighted by Gasteiger charge is -2.13. The van der Waals surface area contributed by atoms with E-state index in [2.05, 4.69) is 14.9 Å². The Labute approximate surface area is 124 Å². The van der Waals surface area contributed by atoms with Crippen LogP contribution < -0.4 is 9.46 Å². The maximum atomic E-state index is 12.4. The van der Waals surface area contributed by atoms with Crippen molar-refractivity contribution >= 4 is 10.0 Å². The van der Waals surface area contributed by atoms with Crippen LogP contribution in [0.2, 0.25) is 0 Å². The number of rotatable bonds is 6. The molecule has 1 aromatic heterocycles. The van der Waals surface area contributed by atoms with E-state index in [1.54, 1.807) is 39.3 Å². The molecule has 0 bridgehead atoms. The first-order chi connectivity index (χ1) is 9.94. The second kappa shape index (κ2) is 6.28. The van der Waals surface area contributed by atoms with Crippen molar-refractivity contribution in [3.8, 4) is 5.75 Å². The van der Waals surface area contributed by atoms with Gasteiger partial charge >= 0.3 is 0 Å². The van der Waals surface area contributed by atoms with Gasteiger partial charge in [-0.2, -0.15) is 5.10 Å². The van der Waals surface area contributed by atoms with Crippen LogP contribution >= 0.6 is 0 Å². The van der Waals surface area contributed by atoms with Crippen molar-refractivity contribution in [2.24, 2.45) is 0 Å². The zero-order chi connectivity index (χ0) is 15.5. The van der Waals surface area contributed by atoms with E-state index in [9.17, 15) is 8.42 Å². The Morgan fingerprint density at radius 3 is 2.48 bits per heavy atom. The number of sulfonamides is 1. The van der Waals surface area contributed by atoms with E-state index in [1.807, 2.05) is 6.07 Å². The number of aromatic amines is 1. The lowest BCUT2D eigenvalue weighted by molar-refractivity contribution is 0.413. The Hall–Kier alpha value is -1.86. The summed E-state index contributed by atoms with van der Waals surface area (Å²) in [5.41, 5.74) is 2.22. The fourth-order valence-electron chi connectivity index (χ4n) is 2.27. The molecule has 0 saturated heterocycles. The van der Waals surface area contributed by atoms with Gasteiger partial charge in [0.25, 0.3) is 0 Å². The van der Waals surface area contributed by atoms with E-state index in [0.717, 1.165) is 5.69 Å². The molecule has 0 saturated carbocycles. The van der Waals surface area contributed by atoms with Gasteiger partial charge in [-0.1, -0.05) is 0 Å². The fraction of sp³-hybridized carbons (Fsp3) is 0.357. The van der Waals surface area contributed by atoms with Crippen LogP contribution in [-0.4, -0.2) is 32.3 Å². The SMILES string of the molecule is COc1cc(C)c(S(=O)(=O)NCCc2ccn[nH]2)c(C)c1. The van der Waals surface area contributed by atoms with Crippen LogP contribution in [0.3, 0.4) is 0 Å². The molecular weight excluding hydrogens is 290 g/mol. The average molecular weight is 309 g/mol. The molecule has 0 amide bonds. The standard InChI is InChI=1S/C14H19N3O3S/c1-10-8-13(20-3)9-11(2)14(10)21(18,19)16-7-5-12-4-6-15-17-12/h4,6,8-9,16H,5,7H2,1-3H3,(H,15,17). The van der Waals surface area contributed by atoms with Crippen LogP contribution in [0, 0.1) is 13.8 Å². The number of methoxy groups -OCH3 is 1. The number of aryl methyl sites for hydroxylation is 2. The van der Waals surface area contributed by atoms with Crippen molar-refractivity contribution in [3.05, 3.63) is 41.2 Å². The normalized spacial score (nSPS) is 11.6. The number of hydrogen-bond acceptors (Lipinski definition) is 4. The van der Waals surface area contributed by atoms with Crippen LogP contribution in [0.25, 0.3) is 0 Å². The number of H-pyrrole nitrogens is 1. The molecule has 2 N–H and O–H groups in total. The molecule has 0 aliphatic heterocycles. The highest BCUT2D eigenvalue weighted by atomic mass is 32.2. The highest BCUT2D eigenvalue weighted by Crippen LogP contribution is 2.25. The summed E-state index contributed by atoms with van der Waals surface area (Å²) in [6.45, 7) is 3.84. The first kappa shape index (κ1) is 15.5. The summed E-state index contributed by atoms with van der Waals surface area (Å²) in [6.07, 6.45) is 2.20. The van der Waals surface area contributed by atoms with Gasteiger partial charge in [-0.15, -0.1) is 0 Å². The molecule has 6 nitrogen and oxygen atoms in total. The van der Waals surface area contributed by atoms with Gasteiger partial charge < -0.3 is 4.74 Å². The fourth-order valence-corrected chi connectivity index (χ4v) is 3.75. The highest BCUT2D eigenvalue weighted by molar-refractivity contribution is 7.89. The molecule has 114 valence electrons. The van der Waals surface area contributed by atoms with Crippen molar-refractivity contribution in [2.45, 2.75) is 25.2 Å². The lowest BCUT2D eigenvalue weighted by Crippen LogP contribution is -2.27. The Morgan fingerprint density at radius 1 is 1.29 bits per heavy atom. The number of benzene rings is 1. The average Bonchev–Trinajstić information content (AvgIpc) is 2.90.